The lowest BCUT2D eigenvalue weighted by Crippen LogP contribution is -2.50. The second kappa shape index (κ2) is 6.04. The molecule has 0 bridgehead atoms. The molecule has 0 saturated carbocycles. The van der Waals surface area contributed by atoms with Crippen molar-refractivity contribution in [3.8, 4) is 0 Å². The second-order valence-electron chi connectivity index (χ2n) is 5.09. The van der Waals surface area contributed by atoms with Crippen LogP contribution in [0.1, 0.15) is 18.9 Å². The molecular formula is C14H22BrN3. The Morgan fingerprint density at radius 1 is 1.39 bits per heavy atom. The molecule has 100 valence electrons. The Morgan fingerprint density at radius 3 is 2.83 bits per heavy atom. The van der Waals surface area contributed by atoms with E-state index in [1.54, 1.807) is 0 Å². The SMILES string of the molecule is CCC1CN(Cc2c(N)cccc2Br)CCN1C. The van der Waals surface area contributed by atoms with Gasteiger partial charge in [0.1, 0.15) is 0 Å². The smallest absolute Gasteiger partial charge is 0.0371 e. The maximum absolute atomic E-state index is 6.07. The average molecular weight is 312 g/mol. The van der Waals surface area contributed by atoms with Gasteiger partial charge in [0.15, 0.2) is 0 Å². The first-order valence-corrected chi connectivity index (χ1v) is 7.36. The number of rotatable bonds is 3. The largest absolute Gasteiger partial charge is 0.398 e. The van der Waals surface area contributed by atoms with Gasteiger partial charge in [0, 0.05) is 47.9 Å². The summed E-state index contributed by atoms with van der Waals surface area (Å²) in [5.41, 5.74) is 8.17. The van der Waals surface area contributed by atoms with Crippen LogP contribution in [0.5, 0.6) is 0 Å². The summed E-state index contributed by atoms with van der Waals surface area (Å²) in [7, 11) is 2.22. The van der Waals surface area contributed by atoms with E-state index >= 15 is 0 Å². The van der Waals surface area contributed by atoms with Crippen molar-refractivity contribution in [1.82, 2.24) is 9.80 Å². The summed E-state index contributed by atoms with van der Waals surface area (Å²) in [5.74, 6) is 0. The quantitative estimate of drug-likeness (QED) is 0.871. The Labute approximate surface area is 118 Å². The van der Waals surface area contributed by atoms with E-state index in [2.05, 4.69) is 45.8 Å². The molecule has 2 rings (SSSR count). The van der Waals surface area contributed by atoms with Crippen LogP contribution in [-0.2, 0) is 6.54 Å². The number of likely N-dealkylation sites (N-methyl/N-ethyl adjacent to an activating group) is 1. The summed E-state index contributed by atoms with van der Waals surface area (Å²) >= 11 is 3.60. The van der Waals surface area contributed by atoms with E-state index in [1.807, 2.05) is 12.1 Å². The zero-order valence-electron chi connectivity index (χ0n) is 11.2. The van der Waals surface area contributed by atoms with Gasteiger partial charge in [0.25, 0.3) is 0 Å². The highest BCUT2D eigenvalue weighted by atomic mass is 79.9. The molecule has 1 heterocycles. The number of nitrogen functional groups attached to an aromatic ring is 1. The molecule has 1 fully saturated rings. The van der Waals surface area contributed by atoms with E-state index in [0.717, 1.165) is 36.3 Å². The van der Waals surface area contributed by atoms with Crippen LogP contribution < -0.4 is 5.73 Å². The Kier molecular flexibility index (Phi) is 4.65. The van der Waals surface area contributed by atoms with Gasteiger partial charge in [0.2, 0.25) is 0 Å². The topological polar surface area (TPSA) is 32.5 Å². The minimum absolute atomic E-state index is 0.669. The van der Waals surface area contributed by atoms with Crippen molar-refractivity contribution < 1.29 is 0 Å². The fraction of sp³-hybridized carbons (Fsp3) is 0.571. The Hall–Kier alpha value is -0.580. The predicted octanol–water partition coefficient (Wildman–Crippen LogP) is 2.56. The minimum Gasteiger partial charge on any atom is -0.398 e. The monoisotopic (exact) mass is 311 g/mol. The fourth-order valence-corrected chi connectivity index (χ4v) is 3.07. The Morgan fingerprint density at radius 2 is 2.17 bits per heavy atom. The lowest BCUT2D eigenvalue weighted by atomic mass is 10.1. The average Bonchev–Trinajstić information content (AvgIpc) is 2.36. The van der Waals surface area contributed by atoms with Crippen LogP contribution in [0, 0.1) is 0 Å². The first-order valence-electron chi connectivity index (χ1n) is 6.57. The van der Waals surface area contributed by atoms with Gasteiger partial charge in [-0.3, -0.25) is 4.90 Å². The van der Waals surface area contributed by atoms with Crippen molar-refractivity contribution in [2.45, 2.75) is 25.9 Å². The van der Waals surface area contributed by atoms with Gasteiger partial charge in [-0.2, -0.15) is 0 Å². The van der Waals surface area contributed by atoms with Gasteiger partial charge in [-0.1, -0.05) is 28.9 Å². The molecule has 1 atom stereocenters. The molecule has 1 unspecified atom stereocenters. The third-order valence-corrected chi connectivity index (χ3v) is 4.61. The van der Waals surface area contributed by atoms with E-state index in [0.29, 0.717) is 6.04 Å². The first-order chi connectivity index (χ1) is 8.61. The molecule has 4 heteroatoms. The Bertz CT molecular complexity index is 388. The van der Waals surface area contributed by atoms with E-state index in [1.165, 1.54) is 12.0 Å². The van der Waals surface area contributed by atoms with Crippen LogP contribution in [0.2, 0.25) is 0 Å². The third kappa shape index (κ3) is 3.05. The summed E-state index contributed by atoms with van der Waals surface area (Å²) in [5, 5.41) is 0. The molecule has 0 amide bonds. The summed E-state index contributed by atoms with van der Waals surface area (Å²) in [6, 6.07) is 6.70. The highest BCUT2D eigenvalue weighted by Gasteiger charge is 2.23. The Balaban J connectivity index is 2.06. The van der Waals surface area contributed by atoms with E-state index in [4.69, 9.17) is 5.73 Å². The summed E-state index contributed by atoms with van der Waals surface area (Å²) in [4.78, 5) is 4.96. The fourth-order valence-electron chi connectivity index (χ4n) is 2.56. The lowest BCUT2D eigenvalue weighted by Gasteiger charge is -2.39. The van der Waals surface area contributed by atoms with Crippen LogP contribution in [-0.4, -0.2) is 42.5 Å². The van der Waals surface area contributed by atoms with Crippen molar-refractivity contribution in [3.63, 3.8) is 0 Å². The van der Waals surface area contributed by atoms with Gasteiger partial charge >= 0.3 is 0 Å². The summed E-state index contributed by atoms with van der Waals surface area (Å²) in [6.07, 6.45) is 1.21. The number of piperazine rings is 1. The predicted molar refractivity (Wildman–Crippen MR) is 80.5 cm³/mol. The first kappa shape index (κ1) is 13.8. The van der Waals surface area contributed by atoms with Crippen molar-refractivity contribution >= 4 is 21.6 Å². The molecule has 2 N–H and O–H groups in total. The van der Waals surface area contributed by atoms with Crippen molar-refractivity contribution in [2.24, 2.45) is 0 Å². The van der Waals surface area contributed by atoms with Gasteiger partial charge in [-0.15, -0.1) is 0 Å². The van der Waals surface area contributed by atoms with Gasteiger partial charge in [-0.05, 0) is 25.6 Å². The molecule has 1 aliphatic heterocycles. The molecule has 1 aromatic carbocycles. The number of hydrogen-bond acceptors (Lipinski definition) is 3. The minimum atomic E-state index is 0.669. The molecule has 18 heavy (non-hydrogen) atoms. The maximum Gasteiger partial charge on any atom is 0.0371 e. The molecule has 1 aliphatic rings. The third-order valence-electron chi connectivity index (χ3n) is 3.87. The standard InChI is InChI=1S/C14H22BrN3/c1-3-11-9-18(8-7-17(11)2)10-12-13(15)5-4-6-14(12)16/h4-6,11H,3,7-10,16H2,1-2H3. The number of halogens is 1. The molecule has 1 saturated heterocycles. The number of nitrogens with zero attached hydrogens (tertiary/aromatic N) is 2. The molecule has 1 aromatic rings. The van der Waals surface area contributed by atoms with E-state index in [-0.39, 0.29) is 0 Å². The summed E-state index contributed by atoms with van der Waals surface area (Å²) < 4.78 is 1.12. The maximum atomic E-state index is 6.07. The molecule has 0 radical (unpaired) electrons. The molecule has 0 aliphatic carbocycles. The number of benzene rings is 1. The summed E-state index contributed by atoms with van der Waals surface area (Å²) in [6.45, 7) is 6.60. The zero-order chi connectivity index (χ0) is 13.1. The molecule has 3 nitrogen and oxygen atoms in total. The van der Waals surface area contributed by atoms with Gasteiger partial charge in [-0.25, -0.2) is 0 Å². The van der Waals surface area contributed by atoms with Crippen molar-refractivity contribution in [2.75, 3.05) is 32.4 Å². The van der Waals surface area contributed by atoms with Gasteiger partial charge in [0.05, 0.1) is 0 Å². The number of anilines is 1. The van der Waals surface area contributed by atoms with Gasteiger partial charge < -0.3 is 10.6 Å². The van der Waals surface area contributed by atoms with Crippen molar-refractivity contribution in [1.29, 1.82) is 0 Å². The second-order valence-corrected chi connectivity index (χ2v) is 5.94. The van der Waals surface area contributed by atoms with Crippen molar-refractivity contribution in [3.05, 3.63) is 28.2 Å². The molecular weight excluding hydrogens is 290 g/mol. The van der Waals surface area contributed by atoms with E-state index < -0.39 is 0 Å². The molecule has 0 spiro atoms. The highest BCUT2D eigenvalue weighted by Crippen LogP contribution is 2.25. The van der Waals surface area contributed by atoms with Crippen LogP contribution in [0.3, 0.4) is 0 Å². The van der Waals surface area contributed by atoms with E-state index in [9.17, 15) is 0 Å². The molecule has 0 aromatic heterocycles. The zero-order valence-corrected chi connectivity index (χ0v) is 12.8. The lowest BCUT2D eigenvalue weighted by molar-refractivity contribution is 0.0884. The normalized spacial score (nSPS) is 22.3. The number of hydrogen-bond donors (Lipinski definition) is 1. The van der Waals surface area contributed by atoms with Crippen LogP contribution >= 0.6 is 15.9 Å². The highest BCUT2D eigenvalue weighted by molar-refractivity contribution is 9.10. The van der Waals surface area contributed by atoms with Crippen LogP contribution in [0.15, 0.2) is 22.7 Å². The van der Waals surface area contributed by atoms with Crippen LogP contribution in [0.4, 0.5) is 5.69 Å². The van der Waals surface area contributed by atoms with Crippen LogP contribution in [0.25, 0.3) is 0 Å². The number of nitrogens with two attached hydrogens (primary N) is 1.